The van der Waals surface area contributed by atoms with Crippen LogP contribution in [0, 0.1) is 0 Å². The fourth-order valence-electron chi connectivity index (χ4n) is 3.92. The van der Waals surface area contributed by atoms with Crippen LogP contribution in [-0.4, -0.2) is 19.7 Å². The first-order valence-electron chi connectivity index (χ1n) is 8.64. The van der Waals surface area contributed by atoms with Crippen LogP contribution < -0.4 is 10.9 Å². The van der Waals surface area contributed by atoms with E-state index in [1.165, 1.54) is 0 Å². The largest absolute Gasteiger partial charge is 0.376 e. The zero-order valence-electron chi connectivity index (χ0n) is 14.5. The predicted molar refractivity (Wildman–Crippen MR) is 105 cm³/mol. The van der Waals surface area contributed by atoms with Crippen LogP contribution in [0.4, 0.5) is 5.69 Å². The minimum absolute atomic E-state index is 0.0973. The molecule has 2 atom stereocenters. The molecule has 0 saturated carbocycles. The van der Waals surface area contributed by atoms with Crippen molar-refractivity contribution < 1.29 is 0 Å². The van der Waals surface area contributed by atoms with E-state index in [4.69, 9.17) is 11.6 Å². The number of rotatable bonds is 2. The number of imidazole rings is 1. The summed E-state index contributed by atoms with van der Waals surface area (Å²) in [6.07, 6.45) is 3.69. The van der Waals surface area contributed by atoms with Crippen LogP contribution in [0.3, 0.4) is 0 Å². The first-order chi connectivity index (χ1) is 13.1. The number of halogens is 1. The molecular weight excluding hydrogens is 362 g/mol. The molecule has 2 aromatic carbocycles. The number of nitrogens with one attached hydrogen (secondary N) is 2. The van der Waals surface area contributed by atoms with Crippen molar-refractivity contribution in [2.24, 2.45) is 7.05 Å². The molecule has 1 aliphatic heterocycles. The summed E-state index contributed by atoms with van der Waals surface area (Å²) < 4.78 is 1.99. The molecule has 134 valence electrons. The minimum atomic E-state index is -0.254. The van der Waals surface area contributed by atoms with E-state index in [0.29, 0.717) is 10.4 Å². The molecule has 2 aromatic heterocycles. The number of anilines is 1. The lowest BCUT2D eigenvalue weighted by molar-refractivity contribution is 0.584. The van der Waals surface area contributed by atoms with Gasteiger partial charge in [0.2, 0.25) is 0 Å². The second-order valence-corrected chi connectivity index (χ2v) is 7.16. The first-order valence-corrected chi connectivity index (χ1v) is 9.02. The summed E-state index contributed by atoms with van der Waals surface area (Å²) in [5, 5.41) is 12.5. The van der Waals surface area contributed by atoms with Gasteiger partial charge in [0.05, 0.1) is 23.0 Å². The number of aromatic nitrogens is 4. The molecule has 5 rings (SSSR count). The summed E-state index contributed by atoms with van der Waals surface area (Å²) in [7, 11) is 1.96. The van der Waals surface area contributed by atoms with Gasteiger partial charge in [0.15, 0.2) is 0 Å². The van der Waals surface area contributed by atoms with Gasteiger partial charge in [-0.15, -0.1) is 0 Å². The molecule has 2 N–H and O–H groups in total. The molecule has 1 aliphatic rings. The van der Waals surface area contributed by atoms with Crippen LogP contribution in [0.1, 0.15) is 29.0 Å². The Labute approximate surface area is 159 Å². The van der Waals surface area contributed by atoms with Gasteiger partial charge >= 0.3 is 0 Å². The fraction of sp³-hybridized carbons (Fsp3) is 0.150. The van der Waals surface area contributed by atoms with Crippen molar-refractivity contribution in [2.45, 2.75) is 12.0 Å². The van der Waals surface area contributed by atoms with Gasteiger partial charge < -0.3 is 9.88 Å². The molecule has 0 saturated heterocycles. The van der Waals surface area contributed by atoms with E-state index in [9.17, 15) is 4.79 Å². The Morgan fingerprint density at radius 1 is 1.19 bits per heavy atom. The summed E-state index contributed by atoms with van der Waals surface area (Å²) in [4.78, 5) is 16.9. The standard InChI is InChI=1S/C20H16ClN5O/c1-26-8-7-22-19(26)16-17(11-5-3-2-4-6-11)23-14-10-12(21)9-13-15(14)18(16)24-25-20(13)27/h2-10,16-17,23H,1H3,(H,25,27). The SMILES string of the molecule is Cn1ccnc1C1c2n[nH]c(=O)c3cc(Cl)cc(c23)NC1c1ccccc1. The van der Waals surface area contributed by atoms with Gasteiger partial charge in [-0.2, -0.15) is 5.10 Å². The predicted octanol–water partition coefficient (Wildman–Crippen LogP) is 3.61. The number of aromatic amines is 1. The third kappa shape index (κ3) is 2.44. The van der Waals surface area contributed by atoms with E-state index < -0.39 is 0 Å². The van der Waals surface area contributed by atoms with Gasteiger partial charge in [-0.3, -0.25) is 4.79 Å². The summed E-state index contributed by atoms with van der Waals surface area (Å²) in [6.45, 7) is 0. The van der Waals surface area contributed by atoms with Crippen LogP contribution >= 0.6 is 11.6 Å². The van der Waals surface area contributed by atoms with Crippen molar-refractivity contribution in [3.63, 3.8) is 0 Å². The summed E-state index contributed by atoms with van der Waals surface area (Å²) in [5.74, 6) is 0.707. The van der Waals surface area contributed by atoms with E-state index in [-0.39, 0.29) is 17.5 Å². The molecule has 0 radical (unpaired) electrons. The summed E-state index contributed by atoms with van der Waals surface area (Å²) in [6, 6.07) is 13.6. The molecule has 4 aromatic rings. The second kappa shape index (κ2) is 5.96. The molecule has 27 heavy (non-hydrogen) atoms. The Morgan fingerprint density at radius 2 is 2.00 bits per heavy atom. The fourth-order valence-corrected chi connectivity index (χ4v) is 4.14. The molecule has 2 unspecified atom stereocenters. The quantitative estimate of drug-likeness (QED) is 0.559. The number of aryl methyl sites for hydroxylation is 1. The van der Waals surface area contributed by atoms with Crippen molar-refractivity contribution in [2.75, 3.05) is 5.32 Å². The van der Waals surface area contributed by atoms with Crippen molar-refractivity contribution in [3.8, 4) is 0 Å². The Bertz CT molecular complexity index is 1210. The van der Waals surface area contributed by atoms with E-state index in [1.807, 2.05) is 42.1 Å². The molecular formula is C20H16ClN5O. The van der Waals surface area contributed by atoms with Gasteiger partial charge in [-0.05, 0) is 17.7 Å². The molecule has 0 fully saturated rings. The van der Waals surface area contributed by atoms with Crippen LogP contribution in [0.15, 0.2) is 59.7 Å². The Balaban J connectivity index is 1.85. The van der Waals surface area contributed by atoms with Crippen LogP contribution in [0.25, 0.3) is 10.8 Å². The average Bonchev–Trinajstić information content (AvgIpc) is 3.10. The van der Waals surface area contributed by atoms with E-state index in [0.717, 1.165) is 28.2 Å². The average molecular weight is 378 g/mol. The van der Waals surface area contributed by atoms with Crippen molar-refractivity contribution in [1.29, 1.82) is 0 Å². The van der Waals surface area contributed by atoms with Crippen LogP contribution in [-0.2, 0) is 7.05 Å². The molecule has 7 heteroatoms. The lowest BCUT2D eigenvalue weighted by Gasteiger charge is -2.34. The van der Waals surface area contributed by atoms with Crippen molar-refractivity contribution >= 4 is 28.1 Å². The highest BCUT2D eigenvalue weighted by atomic mass is 35.5. The third-order valence-corrected chi connectivity index (χ3v) is 5.33. The molecule has 0 spiro atoms. The van der Waals surface area contributed by atoms with E-state index >= 15 is 0 Å². The topological polar surface area (TPSA) is 75.6 Å². The van der Waals surface area contributed by atoms with E-state index in [2.05, 4.69) is 32.6 Å². The van der Waals surface area contributed by atoms with E-state index in [1.54, 1.807) is 12.3 Å². The first kappa shape index (κ1) is 16.1. The van der Waals surface area contributed by atoms with Gasteiger partial charge in [-0.1, -0.05) is 41.9 Å². The zero-order valence-corrected chi connectivity index (χ0v) is 15.2. The number of benzene rings is 2. The van der Waals surface area contributed by atoms with Gasteiger partial charge in [0.25, 0.3) is 5.56 Å². The summed E-state index contributed by atoms with van der Waals surface area (Å²) in [5.41, 5.74) is 2.46. The Kier molecular flexibility index (Phi) is 3.55. The van der Waals surface area contributed by atoms with Gasteiger partial charge in [-0.25, -0.2) is 10.1 Å². The molecule has 0 amide bonds. The summed E-state index contributed by atoms with van der Waals surface area (Å²) >= 11 is 6.28. The number of hydrogen-bond acceptors (Lipinski definition) is 4. The molecule has 3 heterocycles. The number of hydrogen-bond donors (Lipinski definition) is 2. The highest BCUT2D eigenvalue weighted by molar-refractivity contribution is 6.32. The monoisotopic (exact) mass is 377 g/mol. The number of nitrogens with zero attached hydrogens (tertiary/aromatic N) is 3. The molecule has 6 nitrogen and oxygen atoms in total. The maximum absolute atomic E-state index is 12.4. The zero-order chi connectivity index (χ0) is 18.5. The van der Waals surface area contributed by atoms with Gasteiger partial charge in [0, 0.05) is 35.5 Å². The van der Waals surface area contributed by atoms with Crippen LogP contribution in [0.5, 0.6) is 0 Å². The maximum Gasteiger partial charge on any atom is 0.272 e. The Hall–Kier alpha value is -3.12. The van der Waals surface area contributed by atoms with Crippen LogP contribution in [0.2, 0.25) is 5.02 Å². The third-order valence-electron chi connectivity index (χ3n) is 5.12. The lowest BCUT2D eigenvalue weighted by Crippen LogP contribution is -2.29. The van der Waals surface area contributed by atoms with Crippen molar-refractivity contribution in [1.82, 2.24) is 19.7 Å². The Morgan fingerprint density at radius 3 is 2.74 bits per heavy atom. The van der Waals surface area contributed by atoms with Crippen molar-refractivity contribution in [3.05, 3.63) is 87.3 Å². The minimum Gasteiger partial charge on any atom is -0.376 e. The highest BCUT2D eigenvalue weighted by Crippen LogP contribution is 2.46. The maximum atomic E-state index is 12.4. The lowest BCUT2D eigenvalue weighted by atomic mass is 9.83. The number of H-pyrrole nitrogens is 1. The normalized spacial score (nSPS) is 18.4. The smallest absolute Gasteiger partial charge is 0.272 e. The molecule has 0 aliphatic carbocycles. The molecule has 0 bridgehead atoms. The highest BCUT2D eigenvalue weighted by Gasteiger charge is 2.37. The van der Waals surface area contributed by atoms with Gasteiger partial charge in [0.1, 0.15) is 5.82 Å². The second-order valence-electron chi connectivity index (χ2n) is 6.72.